The van der Waals surface area contributed by atoms with Crippen molar-refractivity contribution in [2.24, 2.45) is 5.92 Å². The molecule has 0 fully saturated rings. The van der Waals surface area contributed by atoms with Crippen LogP contribution in [0.2, 0.25) is 0 Å². The Morgan fingerprint density at radius 1 is 1.30 bits per heavy atom. The number of hydrogen-bond donors (Lipinski definition) is 0. The zero-order chi connectivity index (χ0) is 14.8. The topological polar surface area (TPSA) is 77.5 Å². The number of esters is 1. The molecule has 1 aliphatic carbocycles. The van der Waals surface area contributed by atoms with Gasteiger partial charge in [0.1, 0.15) is 4.91 Å². The minimum atomic E-state index is -3.79. The summed E-state index contributed by atoms with van der Waals surface area (Å²) in [5.41, 5.74) is 0. The third-order valence-corrected chi connectivity index (χ3v) is 4.79. The molecule has 0 bridgehead atoms. The Hall–Kier alpha value is -1.95. The van der Waals surface area contributed by atoms with Gasteiger partial charge in [0.15, 0.2) is 5.78 Å². The van der Waals surface area contributed by atoms with Gasteiger partial charge in [0.25, 0.3) is 0 Å². The molecule has 1 aliphatic rings. The van der Waals surface area contributed by atoms with Gasteiger partial charge in [0.2, 0.25) is 9.84 Å². The Bertz CT molecular complexity index is 658. The van der Waals surface area contributed by atoms with Crippen molar-refractivity contribution >= 4 is 21.6 Å². The Kier molecular flexibility index (Phi) is 4.04. The standard InChI is InChI=1S/C14H14O5S/c1-10(15)19-9-11-7-13(16)14(8-11)20(17,18)12-5-3-2-4-6-12/h2-6,8,11H,7,9H2,1H3/t11-/m1/s1. The number of ketones is 1. The summed E-state index contributed by atoms with van der Waals surface area (Å²) in [6, 6.07) is 7.80. The Morgan fingerprint density at radius 2 is 1.95 bits per heavy atom. The Labute approximate surface area is 117 Å². The second-order valence-corrected chi connectivity index (χ2v) is 6.46. The highest BCUT2D eigenvalue weighted by atomic mass is 32.2. The predicted molar refractivity (Wildman–Crippen MR) is 71.5 cm³/mol. The number of Topliss-reactive ketones (excluding diaryl/α,β-unsaturated/α-hetero) is 1. The summed E-state index contributed by atoms with van der Waals surface area (Å²) in [5.74, 6) is -1.27. The third kappa shape index (κ3) is 2.96. The van der Waals surface area contributed by atoms with Crippen LogP contribution >= 0.6 is 0 Å². The van der Waals surface area contributed by atoms with E-state index in [1.807, 2.05) is 0 Å². The van der Waals surface area contributed by atoms with E-state index in [2.05, 4.69) is 0 Å². The number of allylic oxidation sites excluding steroid dienone is 1. The molecule has 6 heteroatoms. The van der Waals surface area contributed by atoms with Crippen molar-refractivity contribution in [3.8, 4) is 0 Å². The van der Waals surface area contributed by atoms with Gasteiger partial charge in [-0.3, -0.25) is 9.59 Å². The monoisotopic (exact) mass is 294 g/mol. The quantitative estimate of drug-likeness (QED) is 0.786. The van der Waals surface area contributed by atoms with E-state index in [9.17, 15) is 18.0 Å². The molecular weight excluding hydrogens is 280 g/mol. The number of rotatable bonds is 4. The molecule has 2 rings (SSSR count). The first kappa shape index (κ1) is 14.5. The Balaban J connectivity index is 2.25. The third-order valence-electron chi connectivity index (χ3n) is 2.95. The largest absolute Gasteiger partial charge is 0.465 e. The van der Waals surface area contributed by atoms with Crippen LogP contribution in [0.4, 0.5) is 0 Å². The summed E-state index contributed by atoms with van der Waals surface area (Å²) in [4.78, 5) is 22.5. The van der Waals surface area contributed by atoms with E-state index >= 15 is 0 Å². The molecule has 0 spiro atoms. The summed E-state index contributed by atoms with van der Waals surface area (Å²) >= 11 is 0. The molecule has 106 valence electrons. The number of sulfone groups is 1. The lowest BCUT2D eigenvalue weighted by Gasteiger charge is -2.05. The van der Waals surface area contributed by atoms with Crippen molar-refractivity contribution in [1.29, 1.82) is 0 Å². The molecule has 0 saturated carbocycles. The number of hydrogen-bond acceptors (Lipinski definition) is 5. The van der Waals surface area contributed by atoms with E-state index in [1.165, 1.54) is 25.1 Å². The van der Waals surface area contributed by atoms with Crippen molar-refractivity contribution in [3.63, 3.8) is 0 Å². The minimum Gasteiger partial charge on any atom is -0.465 e. The molecule has 0 radical (unpaired) electrons. The summed E-state index contributed by atoms with van der Waals surface area (Å²) in [6.45, 7) is 1.29. The highest BCUT2D eigenvalue weighted by Gasteiger charge is 2.34. The van der Waals surface area contributed by atoms with Crippen LogP contribution in [-0.4, -0.2) is 26.8 Å². The van der Waals surface area contributed by atoms with E-state index < -0.39 is 21.6 Å². The van der Waals surface area contributed by atoms with E-state index in [0.717, 1.165) is 0 Å². The maximum Gasteiger partial charge on any atom is 0.302 e. The van der Waals surface area contributed by atoms with Gasteiger partial charge in [-0.15, -0.1) is 0 Å². The van der Waals surface area contributed by atoms with Crippen LogP contribution in [0.3, 0.4) is 0 Å². The molecule has 0 amide bonds. The molecule has 0 aromatic heterocycles. The average molecular weight is 294 g/mol. The van der Waals surface area contributed by atoms with Gasteiger partial charge in [-0.2, -0.15) is 0 Å². The Morgan fingerprint density at radius 3 is 2.55 bits per heavy atom. The predicted octanol–water partition coefficient (Wildman–Crippen LogP) is 1.50. The number of benzene rings is 1. The fourth-order valence-electron chi connectivity index (χ4n) is 2.00. The lowest BCUT2D eigenvalue weighted by molar-refractivity contribution is -0.142. The van der Waals surface area contributed by atoms with Gasteiger partial charge in [0, 0.05) is 19.3 Å². The first-order valence-corrected chi connectivity index (χ1v) is 7.58. The van der Waals surface area contributed by atoms with Crippen LogP contribution in [0.25, 0.3) is 0 Å². The second-order valence-electron chi connectivity index (χ2n) is 4.54. The lowest BCUT2D eigenvalue weighted by Crippen LogP contribution is -2.11. The molecule has 0 saturated heterocycles. The van der Waals surface area contributed by atoms with Gasteiger partial charge in [-0.05, 0) is 12.1 Å². The molecule has 0 aliphatic heterocycles. The first-order chi connectivity index (χ1) is 9.41. The maximum atomic E-state index is 12.3. The summed E-state index contributed by atoms with van der Waals surface area (Å²) in [6.07, 6.45) is 1.43. The number of carbonyl (C=O) groups is 2. The van der Waals surface area contributed by atoms with Gasteiger partial charge in [-0.25, -0.2) is 8.42 Å². The van der Waals surface area contributed by atoms with Crippen LogP contribution in [0.1, 0.15) is 13.3 Å². The lowest BCUT2D eigenvalue weighted by atomic mass is 10.1. The molecule has 1 atom stereocenters. The SMILES string of the molecule is CC(=O)OC[C@H]1C=C(S(=O)(=O)c2ccccc2)C(=O)C1. The van der Waals surface area contributed by atoms with Gasteiger partial charge < -0.3 is 4.74 Å². The van der Waals surface area contributed by atoms with Crippen LogP contribution in [0.15, 0.2) is 46.2 Å². The molecule has 0 N–H and O–H groups in total. The summed E-state index contributed by atoms with van der Waals surface area (Å²) < 4.78 is 29.5. The molecule has 1 aromatic rings. The maximum absolute atomic E-state index is 12.3. The molecule has 1 aromatic carbocycles. The first-order valence-electron chi connectivity index (χ1n) is 6.10. The fourth-order valence-corrected chi connectivity index (χ4v) is 3.53. The van der Waals surface area contributed by atoms with E-state index in [-0.39, 0.29) is 28.7 Å². The number of carbonyl (C=O) groups excluding carboxylic acids is 2. The van der Waals surface area contributed by atoms with Crippen molar-refractivity contribution in [1.82, 2.24) is 0 Å². The van der Waals surface area contributed by atoms with Crippen molar-refractivity contribution in [2.75, 3.05) is 6.61 Å². The van der Waals surface area contributed by atoms with Crippen molar-refractivity contribution in [2.45, 2.75) is 18.2 Å². The molecule has 5 nitrogen and oxygen atoms in total. The zero-order valence-electron chi connectivity index (χ0n) is 10.9. The van der Waals surface area contributed by atoms with E-state index in [1.54, 1.807) is 18.2 Å². The summed E-state index contributed by atoms with van der Waals surface area (Å²) in [5, 5.41) is 0. The van der Waals surface area contributed by atoms with Gasteiger partial charge in [0.05, 0.1) is 11.5 Å². The zero-order valence-corrected chi connectivity index (χ0v) is 11.7. The average Bonchev–Trinajstić information content (AvgIpc) is 2.79. The highest BCUT2D eigenvalue weighted by Crippen LogP contribution is 2.29. The molecule has 0 heterocycles. The van der Waals surface area contributed by atoms with Crippen LogP contribution in [0.5, 0.6) is 0 Å². The molecule has 20 heavy (non-hydrogen) atoms. The molecule has 0 unspecified atom stereocenters. The van der Waals surface area contributed by atoms with Gasteiger partial charge >= 0.3 is 5.97 Å². The summed E-state index contributed by atoms with van der Waals surface area (Å²) in [7, 11) is -3.79. The van der Waals surface area contributed by atoms with E-state index in [0.29, 0.717) is 0 Å². The smallest absolute Gasteiger partial charge is 0.302 e. The number of ether oxygens (including phenoxy) is 1. The van der Waals surface area contributed by atoms with Gasteiger partial charge in [-0.1, -0.05) is 24.3 Å². The van der Waals surface area contributed by atoms with Crippen LogP contribution < -0.4 is 0 Å². The fraction of sp³-hybridized carbons (Fsp3) is 0.286. The highest BCUT2D eigenvalue weighted by molar-refractivity contribution is 7.96. The second kappa shape index (κ2) is 5.58. The van der Waals surface area contributed by atoms with Crippen molar-refractivity contribution < 1.29 is 22.7 Å². The minimum absolute atomic E-state index is 0.0227. The van der Waals surface area contributed by atoms with Crippen LogP contribution in [-0.2, 0) is 24.2 Å². The van der Waals surface area contributed by atoms with E-state index in [4.69, 9.17) is 4.74 Å². The normalized spacial score (nSPS) is 18.8. The van der Waals surface area contributed by atoms with Crippen molar-refractivity contribution in [3.05, 3.63) is 41.3 Å². The van der Waals surface area contributed by atoms with Crippen LogP contribution in [0, 0.1) is 5.92 Å². The molecular formula is C14H14O5S.